The third-order valence-corrected chi connectivity index (χ3v) is 2.76. The normalized spacial score (nSPS) is 21.2. The molecular formula is C11H25N. The minimum absolute atomic E-state index is 0. The van der Waals surface area contributed by atoms with E-state index in [0.29, 0.717) is 5.41 Å². The van der Waals surface area contributed by atoms with Gasteiger partial charge in [-0.15, -0.1) is 0 Å². The molecule has 74 valence electrons. The van der Waals surface area contributed by atoms with E-state index in [2.05, 4.69) is 26.1 Å². The molecular weight excluding hydrogens is 146 g/mol. The smallest absolute Gasteiger partial charge is 0 e. The summed E-state index contributed by atoms with van der Waals surface area (Å²) in [5.74, 6) is 1.01. The van der Waals surface area contributed by atoms with E-state index in [0.717, 1.165) is 5.92 Å². The van der Waals surface area contributed by atoms with E-state index in [1.807, 2.05) is 0 Å². The van der Waals surface area contributed by atoms with Gasteiger partial charge in [-0.05, 0) is 50.1 Å². The highest BCUT2D eigenvalue weighted by Crippen LogP contribution is 2.27. The summed E-state index contributed by atoms with van der Waals surface area (Å²) in [6, 6.07) is 0. The molecule has 0 atom stereocenters. The van der Waals surface area contributed by atoms with Gasteiger partial charge in [-0.3, -0.25) is 0 Å². The largest absolute Gasteiger partial charge is 0.317 e. The van der Waals surface area contributed by atoms with Crippen LogP contribution in [0, 0.1) is 11.3 Å². The lowest BCUT2D eigenvalue weighted by Gasteiger charge is -2.26. The average Bonchev–Trinajstić information content (AvgIpc) is 2.02. The standard InChI is InChI=1S/C11H23N.H2/c1-11(2,3)7-4-10-5-8-12-9-6-10;/h10,12H,4-9H2,1-3H3;1H. The van der Waals surface area contributed by atoms with Crippen molar-refractivity contribution in [2.75, 3.05) is 13.1 Å². The van der Waals surface area contributed by atoms with Gasteiger partial charge in [0.1, 0.15) is 0 Å². The minimum atomic E-state index is 0. The molecule has 1 aliphatic rings. The Bertz CT molecular complexity index is 123. The second kappa shape index (κ2) is 4.27. The summed E-state index contributed by atoms with van der Waals surface area (Å²) in [7, 11) is 0. The van der Waals surface area contributed by atoms with Crippen molar-refractivity contribution < 1.29 is 1.43 Å². The fourth-order valence-electron chi connectivity index (χ4n) is 1.81. The van der Waals surface area contributed by atoms with Crippen molar-refractivity contribution in [3.05, 3.63) is 0 Å². The third kappa shape index (κ3) is 4.10. The fourth-order valence-corrected chi connectivity index (χ4v) is 1.81. The van der Waals surface area contributed by atoms with E-state index >= 15 is 0 Å². The number of rotatable bonds is 2. The Morgan fingerprint density at radius 1 is 1.25 bits per heavy atom. The number of hydrogen-bond acceptors (Lipinski definition) is 1. The van der Waals surface area contributed by atoms with Crippen molar-refractivity contribution in [2.24, 2.45) is 11.3 Å². The maximum Gasteiger partial charge on any atom is 0 e. The van der Waals surface area contributed by atoms with Gasteiger partial charge < -0.3 is 5.32 Å². The zero-order valence-electron chi connectivity index (χ0n) is 8.82. The van der Waals surface area contributed by atoms with Crippen LogP contribution in [0.1, 0.15) is 47.9 Å². The van der Waals surface area contributed by atoms with Crippen molar-refractivity contribution in [1.82, 2.24) is 5.32 Å². The van der Waals surface area contributed by atoms with Gasteiger partial charge in [-0.2, -0.15) is 0 Å². The van der Waals surface area contributed by atoms with Crippen LogP contribution in [-0.4, -0.2) is 13.1 Å². The Morgan fingerprint density at radius 2 is 1.83 bits per heavy atom. The van der Waals surface area contributed by atoms with E-state index in [-0.39, 0.29) is 1.43 Å². The predicted molar refractivity (Wildman–Crippen MR) is 56.4 cm³/mol. The molecule has 0 aromatic rings. The Balaban J connectivity index is 0.00000144. The maximum absolute atomic E-state index is 3.41. The molecule has 0 unspecified atom stereocenters. The number of piperidine rings is 1. The van der Waals surface area contributed by atoms with Crippen molar-refractivity contribution in [3.63, 3.8) is 0 Å². The second-order valence-corrected chi connectivity index (χ2v) is 5.29. The Kier molecular flexibility index (Phi) is 3.57. The zero-order chi connectivity index (χ0) is 9.03. The Morgan fingerprint density at radius 3 is 2.33 bits per heavy atom. The summed E-state index contributed by atoms with van der Waals surface area (Å²) in [5.41, 5.74) is 0.533. The quantitative estimate of drug-likeness (QED) is 0.673. The highest BCUT2D eigenvalue weighted by molar-refractivity contribution is 4.71. The highest BCUT2D eigenvalue weighted by atomic mass is 14.9. The molecule has 0 aromatic heterocycles. The molecule has 0 bridgehead atoms. The molecule has 1 fully saturated rings. The first kappa shape index (κ1) is 10.0. The topological polar surface area (TPSA) is 12.0 Å². The Hall–Kier alpha value is -0.0400. The summed E-state index contributed by atoms with van der Waals surface area (Å²) in [6.45, 7) is 9.51. The molecule has 0 aliphatic carbocycles. The SMILES string of the molecule is CC(C)(C)CCC1CCNCC1.[HH]. The first-order chi connectivity index (χ1) is 5.58. The Labute approximate surface area is 78.4 Å². The van der Waals surface area contributed by atoms with Gasteiger partial charge in [0.15, 0.2) is 0 Å². The molecule has 0 spiro atoms. The van der Waals surface area contributed by atoms with Crippen LogP contribution >= 0.6 is 0 Å². The van der Waals surface area contributed by atoms with E-state index in [1.54, 1.807) is 0 Å². The molecule has 0 amide bonds. The molecule has 1 nitrogen and oxygen atoms in total. The van der Waals surface area contributed by atoms with Crippen LogP contribution < -0.4 is 5.32 Å². The van der Waals surface area contributed by atoms with Crippen molar-refractivity contribution in [1.29, 1.82) is 0 Å². The van der Waals surface area contributed by atoms with Gasteiger partial charge in [0.25, 0.3) is 0 Å². The van der Waals surface area contributed by atoms with Gasteiger partial charge >= 0.3 is 0 Å². The number of hydrogen-bond donors (Lipinski definition) is 1. The molecule has 1 heteroatoms. The van der Waals surface area contributed by atoms with E-state index in [1.165, 1.54) is 38.8 Å². The van der Waals surface area contributed by atoms with Crippen LogP contribution in [0.25, 0.3) is 0 Å². The molecule has 12 heavy (non-hydrogen) atoms. The highest BCUT2D eigenvalue weighted by Gasteiger charge is 2.16. The molecule has 1 aliphatic heterocycles. The van der Waals surface area contributed by atoms with Crippen LogP contribution in [0.4, 0.5) is 0 Å². The lowest BCUT2D eigenvalue weighted by molar-refractivity contribution is 0.282. The number of nitrogens with one attached hydrogen (secondary N) is 1. The molecule has 1 N–H and O–H groups in total. The van der Waals surface area contributed by atoms with Gasteiger partial charge in [-0.1, -0.05) is 20.8 Å². The zero-order valence-corrected chi connectivity index (χ0v) is 8.82. The lowest BCUT2D eigenvalue weighted by Crippen LogP contribution is -2.28. The van der Waals surface area contributed by atoms with Gasteiger partial charge in [0.2, 0.25) is 0 Å². The summed E-state index contributed by atoms with van der Waals surface area (Å²) < 4.78 is 0. The van der Waals surface area contributed by atoms with Gasteiger partial charge in [0, 0.05) is 1.43 Å². The molecule has 1 rings (SSSR count). The fraction of sp³-hybridized carbons (Fsp3) is 1.00. The van der Waals surface area contributed by atoms with Crippen LogP contribution in [0.2, 0.25) is 0 Å². The summed E-state index contributed by atoms with van der Waals surface area (Å²) in [6.07, 6.45) is 5.62. The van der Waals surface area contributed by atoms with Crippen molar-refractivity contribution in [3.8, 4) is 0 Å². The van der Waals surface area contributed by atoms with Crippen LogP contribution in [0.5, 0.6) is 0 Å². The molecule has 0 saturated carbocycles. The van der Waals surface area contributed by atoms with Gasteiger partial charge in [-0.25, -0.2) is 0 Å². The molecule has 0 aromatic carbocycles. The maximum atomic E-state index is 3.41. The van der Waals surface area contributed by atoms with Crippen LogP contribution in [0.3, 0.4) is 0 Å². The van der Waals surface area contributed by atoms with Crippen molar-refractivity contribution >= 4 is 0 Å². The summed E-state index contributed by atoms with van der Waals surface area (Å²) >= 11 is 0. The summed E-state index contributed by atoms with van der Waals surface area (Å²) in [4.78, 5) is 0. The average molecular weight is 171 g/mol. The second-order valence-electron chi connectivity index (χ2n) is 5.29. The molecule has 1 heterocycles. The van der Waals surface area contributed by atoms with Crippen molar-refractivity contribution in [2.45, 2.75) is 46.5 Å². The lowest BCUT2D eigenvalue weighted by atomic mass is 9.84. The van der Waals surface area contributed by atoms with E-state index in [4.69, 9.17) is 0 Å². The first-order valence-corrected chi connectivity index (χ1v) is 5.29. The minimum Gasteiger partial charge on any atom is -0.317 e. The van der Waals surface area contributed by atoms with Crippen LogP contribution in [-0.2, 0) is 0 Å². The van der Waals surface area contributed by atoms with E-state index in [9.17, 15) is 0 Å². The monoisotopic (exact) mass is 171 g/mol. The van der Waals surface area contributed by atoms with Gasteiger partial charge in [0.05, 0.1) is 0 Å². The van der Waals surface area contributed by atoms with E-state index < -0.39 is 0 Å². The molecule has 0 radical (unpaired) electrons. The third-order valence-electron chi connectivity index (χ3n) is 2.76. The predicted octanol–water partition coefficient (Wildman–Crippen LogP) is 3.06. The summed E-state index contributed by atoms with van der Waals surface area (Å²) in [5, 5.41) is 3.41. The van der Waals surface area contributed by atoms with Crippen LogP contribution in [0.15, 0.2) is 0 Å². The molecule has 1 saturated heterocycles. The first-order valence-electron chi connectivity index (χ1n) is 5.29.